The molecule has 0 radical (unpaired) electrons. The van der Waals surface area contributed by atoms with Gasteiger partial charge in [0.15, 0.2) is 0 Å². The largest absolute Gasteiger partial charge is 0.418 e. The maximum atomic E-state index is 12.9. The van der Waals surface area contributed by atoms with Crippen LogP contribution in [0.25, 0.3) is 0 Å². The third-order valence-electron chi connectivity index (χ3n) is 3.49. The molecule has 0 aliphatic carbocycles. The van der Waals surface area contributed by atoms with Gasteiger partial charge in [0.05, 0.1) is 24.9 Å². The zero-order valence-electron chi connectivity index (χ0n) is 11.8. The topological polar surface area (TPSA) is 62.7 Å². The zero-order valence-corrected chi connectivity index (χ0v) is 11.8. The monoisotopic (exact) mass is 318 g/mol. The number of aliphatic hydroxyl groups is 1. The van der Waals surface area contributed by atoms with Crippen LogP contribution < -0.4 is 0 Å². The zero-order chi connectivity index (χ0) is 16.2. The Morgan fingerprint density at radius 1 is 1.41 bits per heavy atom. The average Bonchev–Trinajstić information content (AvgIpc) is 2.52. The van der Waals surface area contributed by atoms with Crippen LogP contribution in [0.15, 0.2) is 18.3 Å². The number of carbonyl (C=O) groups is 1. The molecule has 1 aromatic heterocycles. The highest BCUT2D eigenvalue weighted by atomic mass is 19.4. The number of nitrogens with zero attached hydrogens (tertiary/aromatic N) is 2. The second kappa shape index (κ2) is 7.06. The molecular formula is C14H17F3N2O3. The van der Waals surface area contributed by atoms with E-state index in [-0.39, 0.29) is 19.3 Å². The maximum absolute atomic E-state index is 12.9. The summed E-state index contributed by atoms with van der Waals surface area (Å²) in [4.78, 5) is 17.2. The molecule has 2 heterocycles. The fraction of sp³-hybridized carbons (Fsp3) is 0.571. The summed E-state index contributed by atoms with van der Waals surface area (Å²) in [5.41, 5.74) is -1.58. The minimum Gasteiger partial charge on any atom is -0.394 e. The molecule has 1 fully saturated rings. The number of piperidine rings is 1. The predicted octanol–water partition coefficient (Wildman–Crippen LogP) is 1.71. The van der Waals surface area contributed by atoms with E-state index in [9.17, 15) is 18.0 Å². The smallest absolute Gasteiger partial charge is 0.394 e. The van der Waals surface area contributed by atoms with Gasteiger partial charge in [-0.25, -0.2) is 0 Å². The van der Waals surface area contributed by atoms with Crippen LogP contribution >= 0.6 is 0 Å². The Hall–Kier alpha value is -1.67. The predicted molar refractivity (Wildman–Crippen MR) is 71.2 cm³/mol. The first-order valence-corrected chi connectivity index (χ1v) is 6.97. The van der Waals surface area contributed by atoms with Crippen molar-refractivity contribution in [3.05, 3.63) is 29.6 Å². The molecule has 8 heteroatoms. The molecule has 1 N–H and O–H groups in total. The van der Waals surface area contributed by atoms with Crippen molar-refractivity contribution in [2.24, 2.45) is 0 Å². The standard InChI is InChI=1S/C14H17F3N2O3/c15-14(16,17)11-2-1-5-18-12(11)13(21)19-6-3-10(4-7-19)22-9-8-20/h1-2,5,10,20H,3-4,6-9H2. The number of hydrogen-bond acceptors (Lipinski definition) is 4. The fourth-order valence-electron chi connectivity index (χ4n) is 2.40. The Kier molecular flexibility index (Phi) is 5.36. The van der Waals surface area contributed by atoms with E-state index in [1.54, 1.807) is 0 Å². The van der Waals surface area contributed by atoms with Crippen molar-refractivity contribution in [1.82, 2.24) is 9.88 Å². The molecule has 0 bridgehead atoms. The molecule has 0 saturated carbocycles. The van der Waals surface area contributed by atoms with Crippen LogP contribution in [0, 0.1) is 0 Å². The lowest BCUT2D eigenvalue weighted by Gasteiger charge is -2.32. The second-order valence-corrected chi connectivity index (χ2v) is 4.98. The minimum absolute atomic E-state index is 0.0813. The summed E-state index contributed by atoms with van der Waals surface area (Å²) in [6.45, 7) is 0.755. The minimum atomic E-state index is -4.61. The fourth-order valence-corrected chi connectivity index (χ4v) is 2.40. The second-order valence-electron chi connectivity index (χ2n) is 4.98. The van der Waals surface area contributed by atoms with E-state index < -0.39 is 23.3 Å². The van der Waals surface area contributed by atoms with Gasteiger partial charge >= 0.3 is 6.18 Å². The van der Waals surface area contributed by atoms with Crippen LogP contribution in [0.2, 0.25) is 0 Å². The number of aromatic nitrogens is 1. The third-order valence-corrected chi connectivity index (χ3v) is 3.49. The molecule has 1 saturated heterocycles. The number of pyridine rings is 1. The summed E-state index contributed by atoms with van der Waals surface area (Å²) in [6, 6.07) is 2.02. The van der Waals surface area contributed by atoms with E-state index in [1.807, 2.05) is 0 Å². The van der Waals surface area contributed by atoms with Gasteiger partial charge < -0.3 is 14.7 Å². The van der Waals surface area contributed by atoms with E-state index in [1.165, 1.54) is 11.1 Å². The molecule has 0 aromatic carbocycles. The molecule has 1 amide bonds. The van der Waals surface area contributed by atoms with Gasteiger partial charge in [0.2, 0.25) is 0 Å². The summed E-state index contributed by atoms with van der Waals surface area (Å²) >= 11 is 0. The number of alkyl halides is 3. The van der Waals surface area contributed by atoms with Crippen LogP contribution in [-0.4, -0.2) is 53.3 Å². The van der Waals surface area contributed by atoms with E-state index in [2.05, 4.69) is 4.98 Å². The van der Waals surface area contributed by atoms with Gasteiger partial charge in [0.25, 0.3) is 5.91 Å². The summed E-state index contributed by atoms with van der Waals surface area (Å²) in [5, 5.41) is 8.69. The van der Waals surface area contributed by atoms with Crippen molar-refractivity contribution in [2.45, 2.75) is 25.1 Å². The number of hydrogen-bond donors (Lipinski definition) is 1. The lowest BCUT2D eigenvalue weighted by atomic mass is 10.1. The first-order chi connectivity index (χ1) is 10.4. The lowest BCUT2D eigenvalue weighted by Crippen LogP contribution is -2.42. The average molecular weight is 318 g/mol. The maximum Gasteiger partial charge on any atom is 0.418 e. The molecule has 1 aromatic rings. The molecule has 1 aliphatic heterocycles. The van der Waals surface area contributed by atoms with Crippen molar-refractivity contribution in [3.8, 4) is 0 Å². The van der Waals surface area contributed by atoms with Gasteiger partial charge in [-0.3, -0.25) is 9.78 Å². The third kappa shape index (κ3) is 3.95. The molecule has 2 rings (SSSR count). The first kappa shape index (κ1) is 16.7. The summed E-state index contributed by atoms with van der Waals surface area (Å²) < 4.78 is 44.1. The van der Waals surface area contributed by atoms with E-state index >= 15 is 0 Å². The Balaban J connectivity index is 2.05. The molecule has 0 atom stereocenters. The normalized spacial score (nSPS) is 16.8. The Morgan fingerprint density at radius 3 is 2.68 bits per heavy atom. The van der Waals surface area contributed by atoms with Crippen molar-refractivity contribution in [3.63, 3.8) is 0 Å². The van der Waals surface area contributed by atoms with Crippen LogP contribution in [0.4, 0.5) is 13.2 Å². The highest BCUT2D eigenvalue weighted by Crippen LogP contribution is 2.31. The van der Waals surface area contributed by atoms with Gasteiger partial charge in [-0.1, -0.05) is 0 Å². The number of ether oxygens (including phenoxy) is 1. The van der Waals surface area contributed by atoms with E-state index in [0.717, 1.165) is 12.1 Å². The van der Waals surface area contributed by atoms with Gasteiger partial charge in [-0.05, 0) is 25.0 Å². The van der Waals surface area contributed by atoms with Crippen molar-refractivity contribution in [1.29, 1.82) is 0 Å². The van der Waals surface area contributed by atoms with Crippen LogP contribution in [0.5, 0.6) is 0 Å². The Morgan fingerprint density at radius 2 is 2.09 bits per heavy atom. The van der Waals surface area contributed by atoms with Crippen LogP contribution in [0.3, 0.4) is 0 Å². The highest BCUT2D eigenvalue weighted by Gasteiger charge is 2.37. The van der Waals surface area contributed by atoms with Crippen LogP contribution in [0.1, 0.15) is 28.9 Å². The quantitative estimate of drug-likeness (QED) is 0.918. The van der Waals surface area contributed by atoms with Gasteiger partial charge in [0.1, 0.15) is 5.69 Å². The summed E-state index contributed by atoms with van der Waals surface area (Å²) in [5.74, 6) is -0.714. The highest BCUT2D eigenvalue weighted by molar-refractivity contribution is 5.94. The van der Waals surface area contributed by atoms with Gasteiger partial charge in [-0.15, -0.1) is 0 Å². The molecule has 122 valence electrons. The summed E-state index contributed by atoms with van der Waals surface area (Å²) in [6.07, 6.45) is -2.46. The molecular weight excluding hydrogens is 301 g/mol. The van der Waals surface area contributed by atoms with Crippen molar-refractivity contribution < 1.29 is 27.8 Å². The summed E-state index contributed by atoms with van der Waals surface area (Å²) in [7, 11) is 0. The molecule has 1 aliphatic rings. The lowest BCUT2D eigenvalue weighted by molar-refractivity contribution is -0.138. The van der Waals surface area contributed by atoms with Crippen molar-refractivity contribution >= 4 is 5.91 Å². The number of likely N-dealkylation sites (tertiary alicyclic amines) is 1. The molecule has 5 nitrogen and oxygen atoms in total. The van der Waals surface area contributed by atoms with Crippen molar-refractivity contribution in [2.75, 3.05) is 26.3 Å². The Bertz CT molecular complexity index is 514. The van der Waals surface area contributed by atoms with Gasteiger partial charge in [0, 0.05) is 19.3 Å². The van der Waals surface area contributed by atoms with E-state index in [4.69, 9.17) is 9.84 Å². The van der Waals surface area contributed by atoms with E-state index in [0.29, 0.717) is 25.9 Å². The first-order valence-electron chi connectivity index (χ1n) is 6.97. The number of halogens is 3. The Labute approximate surface area is 125 Å². The number of rotatable bonds is 4. The molecule has 0 spiro atoms. The number of carbonyl (C=O) groups excluding carboxylic acids is 1. The number of aliphatic hydroxyl groups excluding tert-OH is 1. The molecule has 22 heavy (non-hydrogen) atoms. The number of amides is 1. The van der Waals surface area contributed by atoms with Crippen LogP contribution in [-0.2, 0) is 10.9 Å². The SMILES string of the molecule is O=C(c1ncccc1C(F)(F)F)N1CCC(OCCO)CC1. The van der Waals surface area contributed by atoms with Gasteiger partial charge in [-0.2, -0.15) is 13.2 Å². The molecule has 0 unspecified atom stereocenters.